The molecule has 0 amide bonds. The van der Waals surface area contributed by atoms with E-state index >= 15 is 0 Å². The van der Waals surface area contributed by atoms with Crippen molar-refractivity contribution in [3.63, 3.8) is 0 Å². The maximum atomic E-state index is 2.42. The molecule has 0 spiro atoms. The Bertz CT molecular complexity index is 1800. The van der Waals surface area contributed by atoms with Gasteiger partial charge in [-0.15, -0.1) is 0 Å². The molecule has 0 N–H and O–H groups in total. The smallest absolute Gasteiger partial charge is 0.0543 e. The molecule has 0 aliphatic rings. The van der Waals surface area contributed by atoms with Gasteiger partial charge >= 0.3 is 0 Å². The Balaban J connectivity index is 1.66. The molecule has 0 atom stereocenters. The van der Waals surface area contributed by atoms with Crippen molar-refractivity contribution in [3.05, 3.63) is 115 Å². The van der Waals surface area contributed by atoms with Gasteiger partial charge in [0, 0.05) is 16.5 Å². The van der Waals surface area contributed by atoms with Crippen molar-refractivity contribution in [2.24, 2.45) is 0 Å². The number of rotatable bonds is 1. The van der Waals surface area contributed by atoms with E-state index in [1.54, 1.807) is 0 Å². The standard InChI is InChI=1S/C31H21N/c1-20-14-16-28-27-12-6-7-13-30(27)32(31(28)18-20)21-15-17-26-24-10-3-2-8-22(24)23-9-4-5-11-25(23)29(26)19-21/h2-19H,1H3. The topological polar surface area (TPSA) is 4.93 Å². The van der Waals surface area contributed by atoms with Gasteiger partial charge in [0.2, 0.25) is 0 Å². The fourth-order valence-electron chi connectivity index (χ4n) is 5.39. The maximum Gasteiger partial charge on any atom is 0.0543 e. The van der Waals surface area contributed by atoms with Crippen LogP contribution in [0.1, 0.15) is 5.56 Å². The van der Waals surface area contributed by atoms with Crippen LogP contribution < -0.4 is 0 Å². The largest absolute Gasteiger partial charge is 0.309 e. The number of hydrogen-bond acceptors (Lipinski definition) is 0. The van der Waals surface area contributed by atoms with E-state index in [2.05, 4.69) is 121 Å². The second-order valence-corrected chi connectivity index (χ2v) is 8.69. The van der Waals surface area contributed by atoms with Crippen LogP contribution in [0.4, 0.5) is 0 Å². The van der Waals surface area contributed by atoms with Crippen molar-refractivity contribution < 1.29 is 0 Å². The Hall–Kier alpha value is -4.10. The zero-order valence-electron chi connectivity index (χ0n) is 17.8. The van der Waals surface area contributed by atoms with Gasteiger partial charge in [-0.05, 0) is 69.1 Å². The lowest BCUT2D eigenvalue weighted by molar-refractivity contribution is 1.18. The first kappa shape index (κ1) is 17.6. The van der Waals surface area contributed by atoms with Crippen LogP contribution in [0.3, 0.4) is 0 Å². The molecule has 0 saturated heterocycles. The first-order valence-corrected chi connectivity index (χ1v) is 11.1. The van der Waals surface area contributed by atoms with E-state index in [9.17, 15) is 0 Å². The number of hydrogen-bond donors (Lipinski definition) is 0. The van der Waals surface area contributed by atoms with Crippen molar-refractivity contribution in [2.75, 3.05) is 0 Å². The van der Waals surface area contributed by atoms with Gasteiger partial charge in [0.15, 0.2) is 0 Å². The van der Waals surface area contributed by atoms with Gasteiger partial charge in [-0.2, -0.15) is 0 Å². The molecule has 0 radical (unpaired) electrons. The Morgan fingerprint density at radius 2 is 0.906 bits per heavy atom. The Morgan fingerprint density at radius 3 is 1.59 bits per heavy atom. The van der Waals surface area contributed by atoms with Gasteiger partial charge < -0.3 is 4.57 Å². The second kappa shape index (κ2) is 6.45. The summed E-state index contributed by atoms with van der Waals surface area (Å²) in [7, 11) is 0. The molecule has 0 unspecified atom stereocenters. The first-order valence-electron chi connectivity index (χ1n) is 11.1. The summed E-state index contributed by atoms with van der Waals surface area (Å²) >= 11 is 0. The van der Waals surface area contributed by atoms with Gasteiger partial charge in [-0.1, -0.05) is 84.9 Å². The minimum atomic E-state index is 1.20. The van der Waals surface area contributed by atoms with E-state index in [-0.39, 0.29) is 0 Å². The van der Waals surface area contributed by atoms with Crippen LogP contribution in [0.5, 0.6) is 0 Å². The molecule has 0 aliphatic heterocycles. The fraction of sp³-hybridized carbons (Fsp3) is 0.0323. The van der Waals surface area contributed by atoms with E-state index in [0.717, 1.165) is 0 Å². The molecule has 0 fully saturated rings. The van der Waals surface area contributed by atoms with E-state index in [1.807, 2.05) is 0 Å². The Kier molecular flexibility index (Phi) is 3.54. The summed E-state index contributed by atoms with van der Waals surface area (Å²) < 4.78 is 2.42. The second-order valence-electron chi connectivity index (χ2n) is 8.69. The van der Waals surface area contributed by atoms with Gasteiger partial charge in [0.1, 0.15) is 0 Å². The molecule has 7 rings (SSSR count). The molecule has 1 nitrogen and oxygen atoms in total. The van der Waals surface area contributed by atoms with E-state index < -0.39 is 0 Å². The third kappa shape index (κ3) is 2.34. The lowest BCUT2D eigenvalue weighted by atomic mass is 9.94. The molecular weight excluding hydrogens is 386 g/mol. The molecule has 1 aromatic heterocycles. The normalized spacial score (nSPS) is 11.9. The van der Waals surface area contributed by atoms with Crippen molar-refractivity contribution in [1.29, 1.82) is 0 Å². The van der Waals surface area contributed by atoms with E-state index in [0.29, 0.717) is 0 Å². The van der Waals surface area contributed by atoms with Crippen LogP contribution in [0, 0.1) is 6.92 Å². The Labute approximate surface area is 186 Å². The predicted molar refractivity (Wildman–Crippen MR) is 138 cm³/mol. The van der Waals surface area contributed by atoms with Gasteiger partial charge in [0.05, 0.1) is 11.0 Å². The summed E-state index contributed by atoms with van der Waals surface area (Å²) in [6.07, 6.45) is 0. The average Bonchev–Trinajstić information content (AvgIpc) is 3.17. The minimum Gasteiger partial charge on any atom is -0.309 e. The van der Waals surface area contributed by atoms with Crippen molar-refractivity contribution in [1.82, 2.24) is 4.57 Å². The number of benzene rings is 6. The molecule has 7 aromatic rings. The maximum absolute atomic E-state index is 2.42. The molecule has 1 heterocycles. The highest BCUT2D eigenvalue weighted by molar-refractivity contribution is 6.25. The van der Waals surface area contributed by atoms with Gasteiger partial charge in [0.25, 0.3) is 0 Å². The zero-order chi connectivity index (χ0) is 21.2. The molecule has 0 bridgehead atoms. The number of fused-ring (bicyclic) bond motifs is 9. The average molecular weight is 408 g/mol. The molecule has 0 saturated carbocycles. The summed E-state index contributed by atoms with van der Waals surface area (Å²) in [5.74, 6) is 0. The van der Waals surface area contributed by atoms with Crippen LogP contribution in [0.25, 0.3) is 59.8 Å². The summed E-state index contributed by atoms with van der Waals surface area (Å²) in [5, 5.41) is 10.4. The summed E-state index contributed by atoms with van der Waals surface area (Å²) in [4.78, 5) is 0. The van der Waals surface area contributed by atoms with Crippen LogP contribution >= 0.6 is 0 Å². The van der Waals surface area contributed by atoms with E-state index in [1.165, 1.54) is 65.4 Å². The monoisotopic (exact) mass is 407 g/mol. The highest BCUT2D eigenvalue weighted by Crippen LogP contribution is 2.38. The minimum absolute atomic E-state index is 1.20. The third-order valence-corrected chi connectivity index (χ3v) is 6.82. The molecular formula is C31H21N. The number of aromatic nitrogens is 1. The van der Waals surface area contributed by atoms with Crippen molar-refractivity contribution in [3.8, 4) is 5.69 Å². The summed E-state index contributed by atoms with van der Waals surface area (Å²) in [6.45, 7) is 2.17. The predicted octanol–water partition coefficient (Wildman–Crippen LogP) is 8.55. The van der Waals surface area contributed by atoms with Crippen LogP contribution in [-0.2, 0) is 0 Å². The quantitative estimate of drug-likeness (QED) is 0.240. The van der Waals surface area contributed by atoms with Gasteiger partial charge in [-0.25, -0.2) is 0 Å². The van der Waals surface area contributed by atoms with Crippen LogP contribution in [0.2, 0.25) is 0 Å². The molecule has 32 heavy (non-hydrogen) atoms. The van der Waals surface area contributed by atoms with E-state index in [4.69, 9.17) is 0 Å². The summed E-state index contributed by atoms with van der Waals surface area (Å²) in [5.41, 5.74) is 4.99. The van der Waals surface area contributed by atoms with Gasteiger partial charge in [-0.3, -0.25) is 0 Å². The van der Waals surface area contributed by atoms with Crippen molar-refractivity contribution >= 4 is 54.1 Å². The molecule has 0 aliphatic carbocycles. The number of nitrogens with zero attached hydrogens (tertiary/aromatic N) is 1. The van der Waals surface area contributed by atoms with Crippen LogP contribution in [-0.4, -0.2) is 4.57 Å². The first-order chi connectivity index (χ1) is 15.8. The lowest BCUT2D eigenvalue weighted by Gasteiger charge is -2.14. The number of para-hydroxylation sites is 1. The number of aryl methyl sites for hydroxylation is 1. The molecule has 150 valence electrons. The molecule has 6 aromatic carbocycles. The van der Waals surface area contributed by atoms with Crippen LogP contribution in [0.15, 0.2) is 109 Å². The molecule has 1 heteroatoms. The fourth-order valence-corrected chi connectivity index (χ4v) is 5.39. The Morgan fingerprint density at radius 1 is 0.406 bits per heavy atom. The van der Waals surface area contributed by atoms with Crippen molar-refractivity contribution in [2.45, 2.75) is 6.92 Å². The lowest BCUT2D eigenvalue weighted by Crippen LogP contribution is -1.94. The zero-order valence-corrected chi connectivity index (χ0v) is 17.8. The third-order valence-electron chi connectivity index (χ3n) is 6.82. The summed E-state index contributed by atoms with van der Waals surface area (Å²) in [6, 6.07) is 40.0. The highest BCUT2D eigenvalue weighted by Gasteiger charge is 2.14. The highest BCUT2D eigenvalue weighted by atomic mass is 15.0. The SMILES string of the molecule is Cc1ccc2c3ccccc3n(-c3ccc4c5ccccc5c5ccccc5c4c3)c2c1.